The van der Waals surface area contributed by atoms with Crippen molar-refractivity contribution in [2.45, 2.75) is 103 Å². The highest BCUT2D eigenvalue weighted by Gasteiger charge is 2.43. The Hall–Kier alpha value is -6.65. The normalized spacial score (nSPS) is 20.4. The SMILES string of the molecule is Cc1ncsc1-c1ccc([C@H](C)NC(=O)[C@@H]2C[C@@H](O)CN2C(=O)[C@@H](c2cc(OCCN3CCC(OC4CC(C#CCn5cc(-c6cc(-c7ccccc7O)nnc6N)cn5)C4)CC3)no2)C(C)C)cc1. The Morgan fingerprint density at radius 1 is 1.00 bits per heavy atom. The molecule has 1 aliphatic carbocycles. The summed E-state index contributed by atoms with van der Waals surface area (Å²) < 4.78 is 20.0. The van der Waals surface area contributed by atoms with Crippen molar-refractivity contribution in [3.05, 3.63) is 95.6 Å². The van der Waals surface area contributed by atoms with Crippen LogP contribution < -0.4 is 15.8 Å². The molecule has 2 aromatic carbocycles. The summed E-state index contributed by atoms with van der Waals surface area (Å²) in [7, 11) is 0. The molecule has 2 amide bonds. The number of nitrogen functional groups attached to an aromatic ring is 1. The number of hydrogen-bond acceptors (Lipinski definition) is 15. The van der Waals surface area contributed by atoms with Crippen LogP contribution in [0.5, 0.6) is 11.6 Å². The van der Waals surface area contributed by atoms with Gasteiger partial charge in [-0.15, -0.1) is 21.5 Å². The number of carbonyl (C=O) groups excluding carboxylic acids is 2. The number of nitrogens with one attached hydrogen (secondary N) is 1. The number of aromatic nitrogens is 6. The molecule has 9 rings (SSSR count). The Kier molecular flexibility index (Phi) is 14.9. The average Bonchev–Trinajstić information content (AvgIpc) is 4.18. The summed E-state index contributed by atoms with van der Waals surface area (Å²) in [6.07, 6.45) is 7.09. The number of aryl methyl sites for hydroxylation is 1. The van der Waals surface area contributed by atoms with Crippen LogP contribution in [0.25, 0.3) is 32.8 Å². The number of amides is 2. The first kappa shape index (κ1) is 48.4. The molecule has 70 heavy (non-hydrogen) atoms. The molecular formula is C52H60N10O7S. The van der Waals surface area contributed by atoms with Crippen LogP contribution in [0, 0.1) is 30.6 Å². The number of phenolic OH excluding ortho intramolecular Hbond substituents is 1. The molecule has 1 saturated carbocycles. The highest BCUT2D eigenvalue weighted by atomic mass is 32.1. The van der Waals surface area contributed by atoms with Crippen molar-refractivity contribution in [1.82, 2.24) is 45.2 Å². The Bertz CT molecular complexity index is 2820. The molecule has 0 bridgehead atoms. The third-order valence-corrected chi connectivity index (χ3v) is 14.5. The van der Waals surface area contributed by atoms with Gasteiger partial charge in [-0.25, -0.2) is 4.98 Å². The number of piperidine rings is 1. The number of aromatic hydroxyl groups is 1. The third-order valence-electron chi connectivity index (χ3n) is 13.6. The Morgan fingerprint density at radius 3 is 2.53 bits per heavy atom. The van der Waals surface area contributed by atoms with E-state index in [0.29, 0.717) is 54.1 Å². The molecule has 366 valence electrons. The van der Waals surface area contributed by atoms with Gasteiger partial charge in [0.1, 0.15) is 30.9 Å². The molecule has 3 fully saturated rings. The second kappa shape index (κ2) is 21.6. The number of hydrogen-bond donors (Lipinski definition) is 4. The van der Waals surface area contributed by atoms with Gasteiger partial charge in [0, 0.05) is 67.5 Å². The van der Waals surface area contributed by atoms with E-state index in [9.17, 15) is 19.8 Å². The van der Waals surface area contributed by atoms with Gasteiger partial charge in [0.2, 0.25) is 11.8 Å². The number of ether oxygens (including phenoxy) is 2. The van der Waals surface area contributed by atoms with E-state index >= 15 is 0 Å². The van der Waals surface area contributed by atoms with Crippen LogP contribution in [0.2, 0.25) is 0 Å². The maximum Gasteiger partial charge on any atom is 0.254 e. The molecule has 6 aromatic rings. The van der Waals surface area contributed by atoms with Crippen molar-refractivity contribution in [2.75, 3.05) is 38.5 Å². The highest BCUT2D eigenvalue weighted by molar-refractivity contribution is 7.13. The summed E-state index contributed by atoms with van der Waals surface area (Å²) in [5.41, 5.74) is 13.5. The van der Waals surface area contributed by atoms with Crippen LogP contribution >= 0.6 is 11.3 Å². The minimum absolute atomic E-state index is 0.0534. The van der Waals surface area contributed by atoms with E-state index in [4.69, 9.17) is 19.7 Å². The number of nitrogens with zero attached hydrogens (tertiary/aromatic N) is 8. The number of para-hydroxylation sites is 1. The number of aliphatic hydroxyl groups excluding tert-OH is 1. The van der Waals surface area contributed by atoms with Crippen LogP contribution in [0.4, 0.5) is 5.82 Å². The molecule has 3 aliphatic rings. The molecule has 0 unspecified atom stereocenters. The Labute approximate surface area is 411 Å². The zero-order valence-electron chi connectivity index (χ0n) is 39.9. The maximum atomic E-state index is 14.2. The monoisotopic (exact) mass is 968 g/mol. The van der Waals surface area contributed by atoms with Crippen molar-refractivity contribution >= 4 is 29.0 Å². The minimum Gasteiger partial charge on any atom is -0.507 e. The average molecular weight is 969 g/mol. The molecule has 2 saturated heterocycles. The van der Waals surface area contributed by atoms with Crippen LogP contribution in [-0.2, 0) is 20.9 Å². The van der Waals surface area contributed by atoms with Gasteiger partial charge in [-0.3, -0.25) is 19.2 Å². The van der Waals surface area contributed by atoms with Crippen molar-refractivity contribution in [1.29, 1.82) is 0 Å². The lowest BCUT2D eigenvalue weighted by atomic mass is 9.82. The van der Waals surface area contributed by atoms with Crippen LogP contribution in [0.1, 0.15) is 81.9 Å². The molecule has 18 heteroatoms. The smallest absolute Gasteiger partial charge is 0.254 e. The van der Waals surface area contributed by atoms with Crippen LogP contribution in [0.15, 0.2) is 83.1 Å². The van der Waals surface area contributed by atoms with Crippen molar-refractivity contribution in [3.8, 4) is 56.3 Å². The topological polar surface area (TPSA) is 220 Å². The zero-order valence-corrected chi connectivity index (χ0v) is 40.7. The summed E-state index contributed by atoms with van der Waals surface area (Å²) in [6, 6.07) is 17.3. The van der Waals surface area contributed by atoms with Gasteiger partial charge < -0.3 is 40.2 Å². The molecule has 17 nitrogen and oxygen atoms in total. The van der Waals surface area contributed by atoms with Crippen molar-refractivity contribution in [2.24, 2.45) is 11.8 Å². The quantitative estimate of drug-likeness (QED) is 0.0748. The summed E-state index contributed by atoms with van der Waals surface area (Å²) >= 11 is 1.59. The predicted octanol–water partition coefficient (Wildman–Crippen LogP) is 6.64. The van der Waals surface area contributed by atoms with E-state index in [0.717, 1.165) is 66.0 Å². The molecular weight excluding hydrogens is 909 g/mol. The Balaban J connectivity index is 0.685. The number of nitrogens with two attached hydrogens (primary N) is 1. The van der Waals surface area contributed by atoms with Gasteiger partial charge in [-0.05, 0) is 79.9 Å². The number of aliphatic hydroxyl groups is 1. The molecule has 0 spiro atoms. The van der Waals surface area contributed by atoms with E-state index in [1.165, 1.54) is 4.90 Å². The van der Waals surface area contributed by atoms with Crippen LogP contribution in [-0.4, -0.2) is 119 Å². The fourth-order valence-corrected chi connectivity index (χ4v) is 10.3. The molecule has 5 N–H and O–H groups in total. The maximum absolute atomic E-state index is 14.2. The predicted molar refractivity (Wildman–Crippen MR) is 264 cm³/mol. The fraction of sp³-hybridized carbons (Fsp3) is 0.442. The van der Waals surface area contributed by atoms with E-state index in [-0.39, 0.29) is 60.5 Å². The first-order chi connectivity index (χ1) is 33.9. The molecule has 0 radical (unpaired) electrons. The summed E-state index contributed by atoms with van der Waals surface area (Å²) in [4.78, 5) is 37.2. The van der Waals surface area contributed by atoms with Crippen molar-refractivity contribution in [3.63, 3.8) is 0 Å². The van der Waals surface area contributed by atoms with Gasteiger partial charge >= 0.3 is 0 Å². The standard InChI is InChI=1S/C52H60N10O7S/c1-31(2)48(52(66)62-29-38(63)24-44(62)51(65)56-32(3)35-11-13-36(14-12-35)49-33(4)54-30-70-49)46-26-47(59-69-46)67-21-20-60-18-15-39(16-19-60)68-40-22-34(23-40)8-7-17-61-28-37(27-55-61)42-25-43(57-58-50(42)53)41-9-5-6-10-45(41)64/h5-6,9-14,25-28,30-32,34,38-40,44,48,63-64H,15-24,29H2,1-4H3,(H2,53,58)(H,56,65)/t32-,34?,38+,40?,44-,48+/m0/s1. The number of β-amino-alcohol motifs (C(OH)–C–C–N with tert-alkyl or cyclic N) is 1. The molecule has 4 atom stereocenters. The lowest BCUT2D eigenvalue weighted by Gasteiger charge is -2.38. The number of thiazole rings is 1. The van der Waals surface area contributed by atoms with E-state index in [1.807, 2.05) is 69.7 Å². The summed E-state index contributed by atoms with van der Waals surface area (Å²) in [5, 5.41) is 40.9. The number of phenols is 1. The number of likely N-dealkylation sites (tertiary alicyclic amines) is 2. The second-order valence-electron chi connectivity index (χ2n) is 18.9. The lowest BCUT2D eigenvalue weighted by molar-refractivity contribution is -0.141. The number of benzene rings is 2. The zero-order chi connectivity index (χ0) is 48.9. The van der Waals surface area contributed by atoms with E-state index in [2.05, 4.69) is 47.5 Å². The molecule has 6 heterocycles. The first-order valence-electron chi connectivity index (χ1n) is 24.1. The van der Waals surface area contributed by atoms with Crippen LogP contribution in [0.3, 0.4) is 0 Å². The summed E-state index contributed by atoms with van der Waals surface area (Å²) in [6.45, 7) is 11.2. The Morgan fingerprint density at radius 2 is 1.79 bits per heavy atom. The van der Waals surface area contributed by atoms with Gasteiger partial charge in [0.05, 0.1) is 52.3 Å². The lowest BCUT2D eigenvalue weighted by Crippen LogP contribution is -2.48. The van der Waals surface area contributed by atoms with Crippen molar-refractivity contribution < 1.29 is 33.8 Å². The van der Waals surface area contributed by atoms with Gasteiger partial charge in [-0.1, -0.05) is 62.1 Å². The third kappa shape index (κ3) is 11.2. The second-order valence-corrected chi connectivity index (χ2v) is 19.8. The number of rotatable bonds is 16. The first-order valence-corrected chi connectivity index (χ1v) is 24.9. The van der Waals surface area contributed by atoms with Gasteiger partial charge in [0.25, 0.3) is 5.88 Å². The van der Waals surface area contributed by atoms with E-state index < -0.39 is 18.1 Å². The largest absolute Gasteiger partial charge is 0.507 e. The minimum atomic E-state index is -0.827. The molecule has 2 aliphatic heterocycles. The fourth-order valence-electron chi connectivity index (χ4n) is 9.53. The number of carbonyl (C=O) groups is 2. The van der Waals surface area contributed by atoms with E-state index in [1.54, 1.807) is 52.5 Å². The number of anilines is 1. The van der Waals surface area contributed by atoms with Gasteiger partial charge in [0.15, 0.2) is 11.6 Å². The molecule has 4 aromatic heterocycles. The highest BCUT2D eigenvalue weighted by Crippen LogP contribution is 2.36. The van der Waals surface area contributed by atoms with Gasteiger partial charge in [-0.2, -0.15) is 5.10 Å². The summed E-state index contributed by atoms with van der Waals surface area (Å²) in [5.74, 6) is 6.52.